The Labute approximate surface area is 359 Å². The Morgan fingerprint density at radius 1 is 1.00 bits per heavy atom. The first-order chi connectivity index (χ1) is 29.1. The summed E-state index contributed by atoms with van der Waals surface area (Å²) in [4.78, 5) is 58.9. The smallest absolute Gasteiger partial charge is 0.417 e. The van der Waals surface area contributed by atoms with Gasteiger partial charge in [-0.3, -0.25) is 39.2 Å². The van der Waals surface area contributed by atoms with E-state index in [-0.39, 0.29) is 54.4 Å². The predicted octanol–water partition coefficient (Wildman–Crippen LogP) is 6.15. The van der Waals surface area contributed by atoms with E-state index >= 15 is 0 Å². The Balaban J connectivity index is 0.952. The van der Waals surface area contributed by atoms with Crippen molar-refractivity contribution >= 4 is 59.0 Å². The second kappa shape index (κ2) is 18.0. The Morgan fingerprint density at radius 2 is 1.70 bits per heavy atom. The van der Waals surface area contributed by atoms with Crippen LogP contribution < -0.4 is 30.5 Å². The van der Waals surface area contributed by atoms with Gasteiger partial charge in [0.2, 0.25) is 17.7 Å². The molecule has 3 heterocycles. The summed E-state index contributed by atoms with van der Waals surface area (Å²) in [5.41, 5.74) is -0.499. The van der Waals surface area contributed by atoms with Crippen molar-refractivity contribution < 1.29 is 37.1 Å². The molecule has 13 nitrogen and oxygen atoms in total. The van der Waals surface area contributed by atoms with Crippen LogP contribution in [0.5, 0.6) is 5.75 Å². The molecule has 7 rings (SSSR count). The molecular weight excluding hydrogens is 810 g/mol. The van der Waals surface area contributed by atoms with Crippen LogP contribution in [0.15, 0.2) is 60.7 Å². The zero-order valence-electron chi connectivity index (χ0n) is 34.4. The zero-order chi connectivity index (χ0) is 43.6. The lowest BCUT2D eigenvalue weighted by atomic mass is 9.94. The van der Waals surface area contributed by atoms with Gasteiger partial charge in [-0.05, 0) is 99.7 Å². The van der Waals surface area contributed by atoms with Crippen LogP contribution in [0.25, 0.3) is 0 Å². The van der Waals surface area contributed by atoms with E-state index in [1.165, 1.54) is 11.0 Å². The van der Waals surface area contributed by atoms with Gasteiger partial charge in [0.1, 0.15) is 23.9 Å². The molecule has 3 aromatic rings. The van der Waals surface area contributed by atoms with Gasteiger partial charge in [-0.25, -0.2) is 0 Å². The van der Waals surface area contributed by atoms with Crippen LogP contribution >= 0.6 is 12.6 Å². The third-order valence-electron chi connectivity index (χ3n) is 12.3. The van der Waals surface area contributed by atoms with E-state index in [4.69, 9.17) is 17.4 Å². The van der Waals surface area contributed by atoms with Gasteiger partial charge in [-0.1, -0.05) is 25.8 Å². The number of nitrogens with zero attached hydrogens (tertiary/aromatic N) is 5. The first kappa shape index (κ1) is 43.8. The van der Waals surface area contributed by atoms with Gasteiger partial charge in [-0.2, -0.15) is 18.4 Å². The number of hydrogen-bond acceptors (Lipinski definition) is 11. The first-order valence-corrected chi connectivity index (χ1v) is 21.3. The number of anilines is 4. The van der Waals surface area contributed by atoms with Crippen LogP contribution in [0.4, 0.5) is 35.9 Å². The normalized spacial score (nSPS) is 23.3. The van der Waals surface area contributed by atoms with Crippen LogP contribution in [-0.4, -0.2) is 95.4 Å². The summed E-state index contributed by atoms with van der Waals surface area (Å²) in [6.45, 7) is 8.98. The fourth-order valence-corrected chi connectivity index (χ4v) is 9.88. The lowest BCUT2D eigenvalue weighted by Crippen LogP contribution is -2.58. The highest BCUT2D eigenvalue weighted by Gasteiger charge is 2.58. The lowest BCUT2D eigenvalue weighted by molar-refractivity contribution is -0.138. The summed E-state index contributed by atoms with van der Waals surface area (Å²) in [6.07, 6.45) is -0.811. The summed E-state index contributed by atoms with van der Waals surface area (Å²) in [6, 6.07) is 17.5. The number of nitriles is 1. The number of imide groups is 1. The Hall–Kier alpha value is -5.31. The number of aryl methyl sites for hydroxylation is 1. The van der Waals surface area contributed by atoms with E-state index in [0.717, 1.165) is 49.3 Å². The number of carbonyl (C=O) groups is 4. The summed E-state index contributed by atoms with van der Waals surface area (Å²) < 4.78 is 48.2. The van der Waals surface area contributed by atoms with Crippen LogP contribution in [0.3, 0.4) is 0 Å². The summed E-state index contributed by atoms with van der Waals surface area (Å²) in [7, 11) is 0. The SMILES string of the molecule is CCc1cc(N2C(S)N(c3ccc(C#N)c(C(F)(F)F)c3)C(=O)C23CCCC3)ccc1OCCN1C[C@@H](C)N(CC(=O)Nc2cccc(NC3CCC(=O)NC3=O)c2)[C@@H](C)C1. The van der Waals surface area contributed by atoms with Gasteiger partial charge < -0.3 is 20.3 Å². The van der Waals surface area contributed by atoms with Crippen molar-refractivity contribution in [2.45, 2.75) is 101 Å². The third-order valence-corrected chi connectivity index (χ3v) is 12.7. The summed E-state index contributed by atoms with van der Waals surface area (Å²) in [5.74, 6) is -0.398. The molecule has 3 N–H and O–H groups in total. The quantitative estimate of drug-likeness (QED) is 0.124. The number of carbonyl (C=O) groups excluding carboxylic acids is 4. The number of alkyl halides is 3. The Kier molecular flexibility index (Phi) is 12.9. The number of amides is 4. The molecule has 0 bridgehead atoms. The van der Waals surface area contributed by atoms with Gasteiger partial charge >= 0.3 is 6.18 Å². The van der Waals surface area contributed by atoms with Crippen molar-refractivity contribution in [3.8, 4) is 11.8 Å². The van der Waals surface area contributed by atoms with Crippen molar-refractivity contribution in [1.29, 1.82) is 5.26 Å². The maximum atomic E-state index is 14.2. The van der Waals surface area contributed by atoms with Gasteiger partial charge in [0.05, 0.1) is 23.7 Å². The fraction of sp³-hybridized carbons (Fsp3) is 0.477. The fourth-order valence-electron chi connectivity index (χ4n) is 9.29. The first-order valence-electron chi connectivity index (χ1n) is 20.8. The molecule has 4 aliphatic rings. The molecule has 2 unspecified atom stereocenters. The number of nitrogens with one attached hydrogen (secondary N) is 3. The monoisotopic (exact) mass is 860 g/mol. The number of rotatable bonds is 12. The number of hydrogen-bond donors (Lipinski definition) is 4. The summed E-state index contributed by atoms with van der Waals surface area (Å²) in [5, 5.41) is 17.8. The molecule has 0 aromatic heterocycles. The molecule has 4 fully saturated rings. The van der Waals surface area contributed by atoms with E-state index in [9.17, 15) is 37.6 Å². The van der Waals surface area contributed by atoms with E-state index in [1.54, 1.807) is 24.3 Å². The van der Waals surface area contributed by atoms with Crippen LogP contribution in [0.2, 0.25) is 0 Å². The van der Waals surface area contributed by atoms with Crippen molar-refractivity contribution in [3.05, 3.63) is 77.4 Å². The van der Waals surface area contributed by atoms with Gasteiger partial charge in [0, 0.05) is 60.9 Å². The minimum Gasteiger partial charge on any atom is -0.492 e. The van der Waals surface area contributed by atoms with Gasteiger partial charge in [0.15, 0.2) is 5.50 Å². The molecule has 3 saturated heterocycles. The van der Waals surface area contributed by atoms with Crippen molar-refractivity contribution in [3.63, 3.8) is 0 Å². The van der Waals surface area contributed by atoms with Gasteiger partial charge in [-0.15, -0.1) is 12.6 Å². The maximum absolute atomic E-state index is 14.2. The topological polar surface area (TPSA) is 150 Å². The largest absolute Gasteiger partial charge is 0.492 e. The highest BCUT2D eigenvalue weighted by molar-refractivity contribution is 7.81. The lowest BCUT2D eigenvalue weighted by Gasteiger charge is -2.44. The maximum Gasteiger partial charge on any atom is 0.417 e. The number of piperidine rings is 1. The number of halogens is 3. The zero-order valence-corrected chi connectivity index (χ0v) is 35.3. The number of benzene rings is 3. The average molecular weight is 861 g/mol. The van der Waals surface area contributed by atoms with E-state index < -0.39 is 34.4 Å². The third kappa shape index (κ3) is 9.17. The minimum atomic E-state index is -4.77. The molecular formula is C44H51F3N8O5S. The molecule has 61 heavy (non-hydrogen) atoms. The van der Waals surface area contributed by atoms with Crippen LogP contribution in [0, 0.1) is 11.3 Å². The van der Waals surface area contributed by atoms with E-state index in [0.29, 0.717) is 56.0 Å². The molecule has 1 spiro atoms. The highest BCUT2D eigenvalue weighted by Crippen LogP contribution is 2.49. The number of ether oxygens (including phenoxy) is 1. The molecule has 1 saturated carbocycles. The second-order valence-corrected chi connectivity index (χ2v) is 16.8. The predicted molar refractivity (Wildman–Crippen MR) is 228 cm³/mol. The highest BCUT2D eigenvalue weighted by atomic mass is 32.1. The molecule has 324 valence electrons. The Bertz CT molecular complexity index is 2200. The van der Waals surface area contributed by atoms with Crippen molar-refractivity contribution in [2.24, 2.45) is 0 Å². The molecule has 0 radical (unpaired) electrons. The average Bonchev–Trinajstić information content (AvgIpc) is 3.79. The van der Waals surface area contributed by atoms with Crippen LogP contribution in [-0.2, 0) is 31.8 Å². The van der Waals surface area contributed by atoms with Crippen LogP contribution in [0.1, 0.15) is 76.0 Å². The van der Waals surface area contributed by atoms with Crippen molar-refractivity contribution in [1.82, 2.24) is 15.1 Å². The Morgan fingerprint density at radius 3 is 2.38 bits per heavy atom. The molecule has 3 aliphatic heterocycles. The standard InChI is InChI=1S/C44H51F3N8O5S/c1-4-29-20-34(55-42(61)54(41(59)43(55)16-5-6-17-43)33-11-10-30(23-48)35(22-33)44(45,46)47)12-14-37(29)60-19-18-52-24-27(2)53(28(3)25-52)26-39(57)50-32-9-7-8-31(21-32)49-36-13-15-38(56)51-40(36)58/h7-12,14,20-22,27-28,36,42,49,61H,4-6,13,15-19,24-26H2,1-3H3,(H,50,57)(H,51,56,58)/t27-,28+,36?,42?. The molecule has 17 heteroatoms. The summed E-state index contributed by atoms with van der Waals surface area (Å²) >= 11 is 4.86. The molecule has 4 amide bonds. The minimum absolute atomic E-state index is 0.0392. The molecule has 4 atom stereocenters. The van der Waals surface area contributed by atoms with Crippen molar-refractivity contribution in [2.75, 3.05) is 53.2 Å². The second-order valence-electron chi connectivity index (χ2n) is 16.4. The van der Waals surface area contributed by atoms with Gasteiger partial charge in [0.25, 0.3) is 5.91 Å². The molecule has 3 aromatic carbocycles. The number of thiol groups is 1. The van der Waals surface area contributed by atoms with E-state index in [2.05, 4.69) is 39.6 Å². The molecule has 1 aliphatic carbocycles. The van der Waals surface area contributed by atoms with E-state index in [1.807, 2.05) is 36.1 Å². The number of piperazine rings is 1.